The zero-order valence-corrected chi connectivity index (χ0v) is 18.3. The number of hydrogen-bond donors (Lipinski definition) is 1. The Morgan fingerprint density at radius 1 is 1.00 bits per heavy atom. The Labute approximate surface area is 181 Å². The molecule has 0 aliphatic carbocycles. The second-order valence-corrected chi connectivity index (χ2v) is 9.28. The Morgan fingerprint density at radius 3 is 2.45 bits per heavy atom. The maximum Gasteiger partial charge on any atom is 0.243 e. The molecule has 3 aromatic rings. The summed E-state index contributed by atoms with van der Waals surface area (Å²) in [6, 6.07) is 12.2. The summed E-state index contributed by atoms with van der Waals surface area (Å²) in [5, 5.41) is 11.5. The van der Waals surface area contributed by atoms with Crippen LogP contribution in [0, 0.1) is 0 Å². The first-order chi connectivity index (χ1) is 14.9. The van der Waals surface area contributed by atoms with Gasteiger partial charge in [0.1, 0.15) is 11.3 Å². The molecule has 164 valence electrons. The van der Waals surface area contributed by atoms with Gasteiger partial charge in [-0.3, -0.25) is 9.88 Å². The van der Waals surface area contributed by atoms with Gasteiger partial charge in [-0.2, -0.15) is 4.31 Å². The van der Waals surface area contributed by atoms with E-state index in [1.54, 1.807) is 12.3 Å². The van der Waals surface area contributed by atoms with Crippen molar-refractivity contribution in [2.45, 2.75) is 11.4 Å². The average Bonchev–Trinajstić information content (AvgIpc) is 2.81. The molecule has 1 aromatic heterocycles. The van der Waals surface area contributed by atoms with Crippen LogP contribution in [0.15, 0.2) is 53.6 Å². The summed E-state index contributed by atoms with van der Waals surface area (Å²) in [4.78, 5) is 6.57. The number of methoxy groups -OCH3 is 2. The molecule has 2 heterocycles. The molecule has 0 amide bonds. The van der Waals surface area contributed by atoms with E-state index < -0.39 is 10.0 Å². The summed E-state index contributed by atoms with van der Waals surface area (Å²) in [6.07, 6.45) is 1.66. The summed E-state index contributed by atoms with van der Waals surface area (Å²) in [6.45, 7) is 2.38. The molecule has 1 saturated heterocycles. The highest BCUT2D eigenvalue weighted by Crippen LogP contribution is 2.31. The number of pyridine rings is 1. The topological polar surface area (TPSA) is 92.2 Å². The van der Waals surface area contributed by atoms with Gasteiger partial charge < -0.3 is 14.6 Å². The van der Waals surface area contributed by atoms with Crippen LogP contribution in [0.3, 0.4) is 0 Å². The first-order valence-electron chi connectivity index (χ1n) is 9.94. The number of ether oxygens (including phenoxy) is 2. The zero-order valence-electron chi connectivity index (χ0n) is 17.5. The third kappa shape index (κ3) is 4.16. The van der Waals surface area contributed by atoms with Crippen molar-refractivity contribution < 1.29 is 23.0 Å². The molecule has 1 fully saturated rings. The minimum atomic E-state index is -3.64. The number of rotatable bonds is 6. The lowest BCUT2D eigenvalue weighted by Crippen LogP contribution is -2.48. The van der Waals surface area contributed by atoms with Crippen LogP contribution in [0.4, 0.5) is 0 Å². The number of benzene rings is 2. The fourth-order valence-corrected chi connectivity index (χ4v) is 5.23. The highest BCUT2D eigenvalue weighted by molar-refractivity contribution is 7.89. The fraction of sp³-hybridized carbons (Fsp3) is 0.318. The normalized spacial score (nSPS) is 15.8. The predicted octanol–water partition coefficient (Wildman–Crippen LogP) is 2.46. The van der Waals surface area contributed by atoms with Crippen LogP contribution in [0.2, 0.25) is 0 Å². The molecule has 1 aliphatic rings. The van der Waals surface area contributed by atoms with Crippen LogP contribution in [0.5, 0.6) is 17.2 Å². The van der Waals surface area contributed by atoms with Crippen molar-refractivity contribution in [2.24, 2.45) is 0 Å². The van der Waals surface area contributed by atoms with E-state index in [4.69, 9.17) is 9.47 Å². The number of hydrogen-bond acceptors (Lipinski definition) is 7. The summed E-state index contributed by atoms with van der Waals surface area (Å²) < 4.78 is 38.1. The number of nitrogens with zero attached hydrogens (tertiary/aromatic N) is 3. The zero-order chi connectivity index (χ0) is 22.0. The van der Waals surface area contributed by atoms with Crippen LogP contribution < -0.4 is 9.47 Å². The minimum Gasteiger partial charge on any atom is -0.505 e. The van der Waals surface area contributed by atoms with E-state index in [0.29, 0.717) is 49.7 Å². The molecular weight excluding hydrogens is 418 g/mol. The number of aromatic nitrogens is 1. The molecule has 4 rings (SSSR count). The molecule has 2 aromatic carbocycles. The molecular formula is C22H25N3O5S. The smallest absolute Gasteiger partial charge is 0.243 e. The van der Waals surface area contributed by atoms with E-state index >= 15 is 0 Å². The van der Waals surface area contributed by atoms with Gasteiger partial charge in [-0.15, -0.1) is 0 Å². The monoisotopic (exact) mass is 443 g/mol. The van der Waals surface area contributed by atoms with Crippen molar-refractivity contribution in [3.8, 4) is 17.2 Å². The van der Waals surface area contributed by atoms with E-state index in [-0.39, 0.29) is 10.6 Å². The summed E-state index contributed by atoms with van der Waals surface area (Å²) in [5.74, 6) is 1.04. The van der Waals surface area contributed by atoms with Crippen molar-refractivity contribution in [3.63, 3.8) is 0 Å². The Morgan fingerprint density at radius 2 is 1.74 bits per heavy atom. The quantitative estimate of drug-likeness (QED) is 0.626. The van der Waals surface area contributed by atoms with Crippen LogP contribution in [-0.4, -0.2) is 68.1 Å². The number of phenolic OH excluding ortho intramolecular Hbond substituents is 1. The summed E-state index contributed by atoms with van der Waals surface area (Å²) in [5.41, 5.74) is 1.36. The second kappa shape index (κ2) is 8.70. The molecule has 1 aliphatic heterocycles. The Bertz CT molecular complexity index is 1190. The number of piperazine rings is 1. The van der Waals surface area contributed by atoms with Gasteiger partial charge in [-0.25, -0.2) is 8.42 Å². The predicted molar refractivity (Wildman–Crippen MR) is 117 cm³/mol. The highest BCUT2D eigenvalue weighted by Gasteiger charge is 2.29. The second-order valence-electron chi connectivity index (χ2n) is 7.35. The lowest BCUT2D eigenvalue weighted by atomic mass is 10.1. The molecule has 0 atom stereocenters. The van der Waals surface area contributed by atoms with Crippen LogP contribution in [0.25, 0.3) is 10.9 Å². The standard InChI is InChI=1S/C22H25N3O5S/c1-29-19-8-7-18(14-20(19)30-2)31(27,28)25-12-10-24(11-13-25)15-17-6-5-16-4-3-9-23-21(16)22(17)26/h3-9,14,26H,10-13,15H2,1-2H3. The molecule has 8 nitrogen and oxygen atoms in total. The lowest BCUT2D eigenvalue weighted by Gasteiger charge is -2.34. The number of aromatic hydroxyl groups is 1. The Hall–Kier alpha value is -2.88. The minimum absolute atomic E-state index is 0.178. The SMILES string of the molecule is COc1ccc(S(=O)(=O)N2CCN(Cc3ccc4cccnc4c3O)CC2)cc1OC. The largest absolute Gasteiger partial charge is 0.505 e. The van der Waals surface area contributed by atoms with E-state index in [0.717, 1.165) is 10.9 Å². The first-order valence-corrected chi connectivity index (χ1v) is 11.4. The van der Waals surface area contributed by atoms with Gasteiger partial charge in [0, 0.05) is 55.9 Å². The van der Waals surface area contributed by atoms with Crippen molar-refractivity contribution in [3.05, 3.63) is 54.2 Å². The molecule has 0 unspecified atom stereocenters. The van der Waals surface area contributed by atoms with Gasteiger partial charge in [0.15, 0.2) is 11.5 Å². The van der Waals surface area contributed by atoms with Crippen molar-refractivity contribution in [2.75, 3.05) is 40.4 Å². The maximum atomic E-state index is 13.1. The van der Waals surface area contributed by atoms with Gasteiger partial charge in [0.2, 0.25) is 10.0 Å². The molecule has 0 radical (unpaired) electrons. The van der Waals surface area contributed by atoms with Gasteiger partial charge in [0.25, 0.3) is 0 Å². The molecule has 0 spiro atoms. The number of fused-ring (bicyclic) bond motifs is 1. The first kappa shape index (κ1) is 21.4. The molecule has 0 saturated carbocycles. The summed E-state index contributed by atoms with van der Waals surface area (Å²) >= 11 is 0. The van der Waals surface area contributed by atoms with E-state index in [1.165, 1.54) is 30.7 Å². The van der Waals surface area contributed by atoms with Crippen LogP contribution in [0.1, 0.15) is 5.56 Å². The van der Waals surface area contributed by atoms with Crippen molar-refractivity contribution >= 4 is 20.9 Å². The van der Waals surface area contributed by atoms with E-state index in [2.05, 4.69) is 9.88 Å². The highest BCUT2D eigenvalue weighted by atomic mass is 32.2. The Balaban J connectivity index is 1.45. The lowest BCUT2D eigenvalue weighted by molar-refractivity contribution is 0.180. The molecule has 1 N–H and O–H groups in total. The van der Waals surface area contributed by atoms with Gasteiger partial charge in [-0.1, -0.05) is 18.2 Å². The van der Waals surface area contributed by atoms with Crippen molar-refractivity contribution in [1.82, 2.24) is 14.2 Å². The molecule has 9 heteroatoms. The van der Waals surface area contributed by atoms with Crippen LogP contribution >= 0.6 is 0 Å². The third-order valence-electron chi connectivity index (χ3n) is 5.55. The van der Waals surface area contributed by atoms with E-state index in [1.807, 2.05) is 24.3 Å². The maximum absolute atomic E-state index is 13.1. The number of sulfonamides is 1. The molecule has 31 heavy (non-hydrogen) atoms. The van der Waals surface area contributed by atoms with Gasteiger partial charge in [0.05, 0.1) is 19.1 Å². The Kier molecular flexibility index (Phi) is 5.99. The molecule has 0 bridgehead atoms. The van der Waals surface area contributed by atoms with Crippen molar-refractivity contribution in [1.29, 1.82) is 0 Å². The van der Waals surface area contributed by atoms with Gasteiger partial charge in [-0.05, 0) is 18.2 Å². The van der Waals surface area contributed by atoms with E-state index in [9.17, 15) is 13.5 Å². The number of phenols is 1. The fourth-order valence-electron chi connectivity index (χ4n) is 3.79. The average molecular weight is 444 g/mol. The van der Waals surface area contributed by atoms with Crippen LogP contribution in [-0.2, 0) is 16.6 Å². The summed E-state index contributed by atoms with van der Waals surface area (Å²) in [7, 11) is -0.656. The third-order valence-corrected chi connectivity index (χ3v) is 7.44. The van der Waals surface area contributed by atoms with Gasteiger partial charge >= 0.3 is 0 Å².